The van der Waals surface area contributed by atoms with Crippen molar-refractivity contribution in [1.29, 1.82) is 0 Å². The maximum absolute atomic E-state index is 13.4. The largest absolute Gasteiger partial charge is 0.422 e. The molecule has 1 aromatic heterocycles. The van der Waals surface area contributed by atoms with E-state index in [0.717, 1.165) is 5.56 Å². The summed E-state index contributed by atoms with van der Waals surface area (Å²) < 4.78 is 51.4. The molecule has 134 valence electrons. The number of aromatic nitrogens is 2. The summed E-state index contributed by atoms with van der Waals surface area (Å²) in [6, 6.07) is 9.68. The van der Waals surface area contributed by atoms with Crippen molar-refractivity contribution in [1.82, 2.24) is 10.2 Å². The van der Waals surface area contributed by atoms with Crippen molar-refractivity contribution in [3.63, 3.8) is 0 Å². The Kier molecular flexibility index (Phi) is 3.86. The molecule has 1 heterocycles. The van der Waals surface area contributed by atoms with Gasteiger partial charge in [-0.2, -0.15) is 13.2 Å². The predicted octanol–water partition coefficient (Wildman–Crippen LogP) is 4.55. The first-order valence-corrected chi connectivity index (χ1v) is 8.44. The van der Waals surface area contributed by atoms with Gasteiger partial charge in [0.2, 0.25) is 11.8 Å². The number of hydrogen-bond acceptors (Lipinski definition) is 4. The van der Waals surface area contributed by atoms with Crippen molar-refractivity contribution in [3.8, 4) is 0 Å². The summed E-state index contributed by atoms with van der Waals surface area (Å²) in [7, 11) is 0. The Morgan fingerprint density at radius 3 is 2.36 bits per heavy atom. The second-order valence-corrected chi connectivity index (χ2v) is 7.21. The first-order chi connectivity index (χ1) is 11.9. The Morgan fingerprint density at radius 2 is 1.72 bits per heavy atom. The standard InChI is InChI=1S/C18H19F3N2O2/c19-18(20,21)17-8-6-16(12-17,7-9-17)15-23-22-14(25-15)11-24-10-13-4-2-1-3-5-13/h1-5H,6-12H2. The first-order valence-electron chi connectivity index (χ1n) is 8.44. The summed E-state index contributed by atoms with van der Waals surface area (Å²) in [4.78, 5) is 0. The van der Waals surface area contributed by atoms with E-state index in [2.05, 4.69) is 10.2 Å². The molecule has 0 spiro atoms. The van der Waals surface area contributed by atoms with Crippen LogP contribution in [0.3, 0.4) is 0 Å². The van der Waals surface area contributed by atoms with E-state index in [1.54, 1.807) is 0 Å². The summed E-state index contributed by atoms with van der Waals surface area (Å²) in [5, 5.41) is 8.01. The highest BCUT2D eigenvalue weighted by Crippen LogP contribution is 2.67. The highest BCUT2D eigenvalue weighted by Gasteiger charge is 2.67. The van der Waals surface area contributed by atoms with Gasteiger partial charge in [-0.1, -0.05) is 30.3 Å². The van der Waals surface area contributed by atoms with Gasteiger partial charge in [-0.05, 0) is 37.7 Å². The lowest BCUT2D eigenvalue weighted by molar-refractivity contribution is -0.220. The van der Waals surface area contributed by atoms with Crippen LogP contribution in [0.25, 0.3) is 0 Å². The number of benzene rings is 1. The summed E-state index contributed by atoms with van der Waals surface area (Å²) in [5.41, 5.74) is -1.14. The number of nitrogens with zero attached hydrogens (tertiary/aromatic N) is 2. The molecule has 0 saturated heterocycles. The lowest BCUT2D eigenvalue weighted by Gasteiger charge is -2.29. The van der Waals surface area contributed by atoms with E-state index in [-0.39, 0.29) is 25.9 Å². The molecule has 2 saturated carbocycles. The molecule has 0 atom stereocenters. The van der Waals surface area contributed by atoms with Crippen LogP contribution in [-0.4, -0.2) is 16.4 Å². The highest BCUT2D eigenvalue weighted by molar-refractivity contribution is 5.19. The molecule has 2 bridgehead atoms. The second kappa shape index (κ2) is 5.83. The lowest BCUT2D eigenvalue weighted by Crippen LogP contribution is -2.33. The van der Waals surface area contributed by atoms with Gasteiger partial charge in [0.05, 0.1) is 12.0 Å². The summed E-state index contributed by atoms with van der Waals surface area (Å²) >= 11 is 0. The van der Waals surface area contributed by atoms with Gasteiger partial charge in [-0.25, -0.2) is 0 Å². The second-order valence-electron chi connectivity index (χ2n) is 7.21. The fourth-order valence-electron chi connectivity index (χ4n) is 4.24. The third kappa shape index (κ3) is 2.84. The predicted molar refractivity (Wildman–Crippen MR) is 82.5 cm³/mol. The van der Waals surface area contributed by atoms with Crippen LogP contribution < -0.4 is 0 Å². The van der Waals surface area contributed by atoms with Crippen molar-refractivity contribution in [3.05, 3.63) is 47.7 Å². The fraction of sp³-hybridized carbons (Fsp3) is 0.556. The van der Waals surface area contributed by atoms with Crippen LogP contribution in [0.4, 0.5) is 13.2 Å². The molecule has 7 heteroatoms. The van der Waals surface area contributed by atoms with Crippen LogP contribution in [-0.2, 0) is 23.4 Å². The van der Waals surface area contributed by atoms with Crippen molar-refractivity contribution in [2.45, 2.75) is 56.9 Å². The number of hydrogen-bond donors (Lipinski definition) is 0. The van der Waals surface area contributed by atoms with Gasteiger partial charge in [0.1, 0.15) is 6.61 Å². The van der Waals surface area contributed by atoms with Crippen LogP contribution >= 0.6 is 0 Å². The Hall–Kier alpha value is -1.89. The molecule has 0 radical (unpaired) electrons. The molecule has 2 aromatic rings. The van der Waals surface area contributed by atoms with Gasteiger partial charge in [-0.3, -0.25) is 0 Å². The molecule has 0 unspecified atom stereocenters. The Bertz CT molecular complexity index is 734. The highest BCUT2D eigenvalue weighted by atomic mass is 19.4. The zero-order chi connectivity index (χ0) is 17.5. The molecule has 1 aromatic carbocycles. The molecule has 4 rings (SSSR count). The zero-order valence-corrected chi connectivity index (χ0v) is 13.7. The van der Waals surface area contributed by atoms with Gasteiger partial charge in [0, 0.05) is 5.41 Å². The van der Waals surface area contributed by atoms with Gasteiger partial charge in [0.15, 0.2) is 0 Å². The zero-order valence-electron chi connectivity index (χ0n) is 13.7. The Balaban J connectivity index is 1.41. The maximum Gasteiger partial charge on any atom is 0.394 e. The lowest BCUT2D eigenvalue weighted by atomic mass is 9.81. The molecular weight excluding hydrogens is 333 g/mol. The van der Waals surface area contributed by atoms with Gasteiger partial charge < -0.3 is 9.15 Å². The van der Waals surface area contributed by atoms with Crippen molar-refractivity contribution < 1.29 is 22.3 Å². The van der Waals surface area contributed by atoms with Gasteiger partial charge >= 0.3 is 6.18 Å². The molecule has 2 fully saturated rings. The van der Waals surface area contributed by atoms with E-state index >= 15 is 0 Å². The minimum Gasteiger partial charge on any atom is -0.422 e. The Morgan fingerprint density at radius 1 is 1.00 bits per heavy atom. The minimum atomic E-state index is -4.16. The molecule has 2 aliphatic rings. The Labute approximate surface area is 143 Å². The van der Waals surface area contributed by atoms with E-state index in [0.29, 0.717) is 31.2 Å². The van der Waals surface area contributed by atoms with Crippen LogP contribution in [0.15, 0.2) is 34.7 Å². The molecule has 25 heavy (non-hydrogen) atoms. The number of ether oxygens (including phenoxy) is 1. The average Bonchev–Trinajstić information content (AvgIpc) is 3.30. The monoisotopic (exact) mass is 352 g/mol. The third-order valence-corrected chi connectivity index (χ3v) is 5.70. The quantitative estimate of drug-likeness (QED) is 0.792. The van der Waals surface area contributed by atoms with E-state index in [1.807, 2.05) is 30.3 Å². The van der Waals surface area contributed by atoms with Crippen LogP contribution in [0.5, 0.6) is 0 Å². The van der Waals surface area contributed by atoms with Gasteiger partial charge in [0.25, 0.3) is 0 Å². The van der Waals surface area contributed by atoms with E-state index in [9.17, 15) is 13.2 Å². The summed E-state index contributed by atoms with van der Waals surface area (Å²) in [6.45, 7) is 0.573. The number of fused-ring (bicyclic) bond motifs is 2. The molecule has 4 nitrogen and oxygen atoms in total. The molecule has 0 amide bonds. The number of alkyl halides is 3. The van der Waals surface area contributed by atoms with Gasteiger partial charge in [-0.15, -0.1) is 10.2 Å². The normalized spacial score (nSPS) is 28.6. The molecule has 2 aliphatic carbocycles. The summed E-state index contributed by atoms with van der Waals surface area (Å²) in [5.74, 6) is 0.658. The number of halogens is 3. The van der Waals surface area contributed by atoms with E-state index in [4.69, 9.17) is 9.15 Å². The van der Waals surface area contributed by atoms with E-state index < -0.39 is 17.0 Å². The maximum atomic E-state index is 13.4. The van der Waals surface area contributed by atoms with Crippen LogP contribution in [0, 0.1) is 5.41 Å². The van der Waals surface area contributed by atoms with Crippen molar-refractivity contribution >= 4 is 0 Å². The molecule has 0 N–H and O–H groups in total. The van der Waals surface area contributed by atoms with E-state index in [1.165, 1.54) is 0 Å². The smallest absolute Gasteiger partial charge is 0.394 e. The SMILES string of the molecule is FC(F)(F)C12CCC(c3nnc(COCc4ccccc4)o3)(CC1)C2. The number of rotatable bonds is 5. The first kappa shape index (κ1) is 16.6. The topological polar surface area (TPSA) is 48.2 Å². The minimum absolute atomic E-state index is 0.0655. The third-order valence-electron chi connectivity index (χ3n) is 5.70. The summed E-state index contributed by atoms with van der Waals surface area (Å²) in [6.07, 6.45) is -2.88. The van der Waals surface area contributed by atoms with Crippen LogP contribution in [0.1, 0.15) is 49.4 Å². The average molecular weight is 352 g/mol. The fourth-order valence-corrected chi connectivity index (χ4v) is 4.24. The van der Waals surface area contributed by atoms with Crippen molar-refractivity contribution in [2.24, 2.45) is 5.41 Å². The van der Waals surface area contributed by atoms with Crippen molar-refractivity contribution in [2.75, 3.05) is 0 Å². The molecule has 0 aliphatic heterocycles. The van der Waals surface area contributed by atoms with Crippen LogP contribution in [0.2, 0.25) is 0 Å². The molecular formula is C18H19F3N2O2.